The van der Waals surface area contributed by atoms with Gasteiger partial charge in [-0.2, -0.15) is 13.2 Å². The summed E-state index contributed by atoms with van der Waals surface area (Å²) in [5, 5.41) is 0. The normalized spacial score (nSPS) is 16.6. The maximum absolute atomic E-state index is 13.3. The van der Waals surface area contributed by atoms with E-state index < -0.39 is 23.8 Å². The number of hydrogen-bond acceptors (Lipinski definition) is 4. The Kier molecular flexibility index (Phi) is 6.56. The summed E-state index contributed by atoms with van der Waals surface area (Å²) in [5.41, 5.74) is -0.180. The molecular weight excluding hydrogens is 349 g/mol. The zero-order valence-corrected chi connectivity index (χ0v) is 15.1. The highest BCUT2D eigenvalue weighted by Gasteiger charge is 2.48. The number of fused-ring (bicyclic) bond motifs is 1. The van der Waals surface area contributed by atoms with Crippen molar-refractivity contribution < 1.29 is 32.2 Å². The molecule has 0 N–H and O–H groups in total. The van der Waals surface area contributed by atoms with Crippen LogP contribution in [0.15, 0.2) is 23.8 Å². The van der Waals surface area contributed by atoms with Gasteiger partial charge >= 0.3 is 12.1 Å². The van der Waals surface area contributed by atoms with Crippen molar-refractivity contribution in [1.82, 2.24) is 0 Å². The van der Waals surface area contributed by atoms with Crippen molar-refractivity contribution in [2.75, 3.05) is 13.2 Å². The molecule has 0 saturated heterocycles. The van der Waals surface area contributed by atoms with E-state index in [0.717, 1.165) is 12.8 Å². The zero-order chi connectivity index (χ0) is 19.3. The van der Waals surface area contributed by atoms with Gasteiger partial charge in [0.05, 0.1) is 18.8 Å². The van der Waals surface area contributed by atoms with E-state index in [9.17, 15) is 18.0 Å². The minimum atomic E-state index is -4.73. The first-order valence-electron chi connectivity index (χ1n) is 8.69. The average molecular weight is 372 g/mol. The highest BCUT2D eigenvalue weighted by molar-refractivity contribution is 5.96. The molecule has 144 valence electrons. The van der Waals surface area contributed by atoms with Crippen molar-refractivity contribution in [2.45, 2.75) is 45.9 Å². The second kappa shape index (κ2) is 8.47. The number of carbonyl (C=O) groups excluding carboxylic acids is 1. The predicted octanol–water partition coefficient (Wildman–Crippen LogP) is 4.77. The molecule has 26 heavy (non-hydrogen) atoms. The van der Waals surface area contributed by atoms with Gasteiger partial charge in [-0.1, -0.05) is 26.7 Å². The predicted molar refractivity (Wildman–Crippen MR) is 91.1 cm³/mol. The van der Waals surface area contributed by atoms with Gasteiger partial charge < -0.3 is 14.2 Å². The summed E-state index contributed by atoms with van der Waals surface area (Å²) in [6.45, 7) is 6.11. The second-order valence-corrected chi connectivity index (χ2v) is 6.05. The first-order chi connectivity index (χ1) is 12.3. The topological polar surface area (TPSA) is 44.8 Å². The van der Waals surface area contributed by atoms with E-state index in [2.05, 4.69) is 13.8 Å². The molecule has 1 aliphatic heterocycles. The van der Waals surface area contributed by atoms with Gasteiger partial charge in [0, 0.05) is 11.6 Å². The third kappa shape index (κ3) is 4.71. The van der Waals surface area contributed by atoms with Crippen LogP contribution in [0.4, 0.5) is 13.2 Å². The highest BCUT2D eigenvalue weighted by Crippen LogP contribution is 2.39. The van der Waals surface area contributed by atoms with E-state index in [1.54, 1.807) is 12.1 Å². The Bertz CT molecular complexity index is 663. The molecule has 1 aliphatic rings. The zero-order valence-electron chi connectivity index (χ0n) is 15.1. The molecule has 0 radical (unpaired) electrons. The van der Waals surface area contributed by atoms with Crippen molar-refractivity contribution in [3.8, 4) is 11.5 Å². The summed E-state index contributed by atoms with van der Waals surface area (Å²) in [5.74, 6) is -0.188. The van der Waals surface area contributed by atoms with E-state index in [4.69, 9.17) is 14.2 Å². The summed E-state index contributed by atoms with van der Waals surface area (Å²) < 4.78 is 55.5. The Labute approximate surface area is 150 Å². The largest absolute Gasteiger partial charge is 0.493 e. The van der Waals surface area contributed by atoms with E-state index in [-0.39, 0.29) is 12.4 Å². The maximum atomic E-state index is 13.3. The van der Waals surface area contributed by atoms with Crippen LogP contribution in [0.1, 0.15) is 39.2 Å². The number of benzene rings is 1. The summed E-state index contributed by atoms with van der Waals surface area (Å²) in [6, 6.07) is 4.65. The number of hydrogen-bond donors (Lipinski definition) is 0. The van der Waals surface area contributed by atoms with Crippen molar-refractivity contribution in [3.63, 3.8) is 0 Å². The molecule has 0 aromatic heterocycles. The van der Waals surface area contributed by atoms with Crippen LogP contribution in [0.3, 0.4) is 0 Å². The molecule has 2 rings (SSSR count). The molecule has 0 spiro atoms. The summed E-state index contributed by atoms with van der Waals surface area (Å²) in [7, 11) is 0. The monoisotopic (exact) mass is 372 g/mol. The van der Waals surface area contributed by atoms with Crippen LogP contribution in [0.5, 0.6) is 11.5 Å². The third-order valence-electron chi connectivity index (χ3n) is 4.27. The van der Waals surface area contributed by atoms with Crippen LogP contribution in [0, 0.1) is 5.92 Å². The van der Waals surface area contributed by atoms with E-state index in [1.165, 1.54) is 19.1 Å². The van der Waals surface area contributed by atoms with E-state index in [0.29, 0.717) is 23.8 Å². The number of carbonyl (C=O) groups is 1. The van der Waals surface area contributed by atoms with Crippen molar-refractivity contribution >= 4 is 12.0 Å². The number of esters is 1. The Hall–Kier alpha value is -2.18. The number of rotatable bonds is 7. The molecule has 0 bridgehead atoms. The highest BCUT2D eigenvalue weighted by atomic mass is 19.4. The molecular formula is C19H23F3O4. The summed E-state index contributed by atoms with van der Waals surface area (Å²) >= 11 is 0. The lowest BCUT2D eigenvalue weighted by molar-refractivity contribution is -0.187. The van der Waals surface area contributed by atoms with Gasteiger partial charge in [-0.05, 0) is 31.1 Å². The average Bonchev–Trinajstić information content (AvgIpc) is 2.60. The van der Waals surface area contributed by atoms with Crippen LogP contribution in [0.25, 0.3) is 6.08 Å². The first kappa shape index (κ1) is 20.1. The van der Waals surface area contributed by atoms with Crippen LogP contribution in [-0.4, -0.2) is 31.5 Å². The third-order valence-corrected chi connectivity index (χ3v) is 4.27. The Morgan fingerprint density at radius 2 is 1.92 bits per heavy atom. The van der Waals surface area contributed by atoms with Gasteiger partial charge in [0.1, 0.15) is 11.5 Å². The van der Waals surface area contributed by atoms with Gasteiger partial charge in [0.25, 0.3) is 0 Å². The lowest BCUT2D eigenvalue weighted by atomic mass is 10.0. The summed E-state index contributed by atoms with van der Waals surface area (Å²) in [4.78, 5) is 11.9. The lowest BCUT2D eigenvalue weighted by Gasteiger charge is -2.28. The van der Waals surface area contributed by atoms with Crippen LogP contribution in [0.2, 0.25) is 0 Å². The number of halogens is 3. The molecule has 1 heterocycles. The Morgan fingerprint density at radius 3 is 2.50 bits per heavy atom. The quantitative estimate of drug-likeness (QED) is 0.647. The lowest BCUT2D eigenvalue weighted by Crippen LogP contribution is -2.40. The van der Waals surface area contributed by atoms with E-state index >= 15 is 0 Å². The molecule has 0 saturated carbocycles. The van der Waals surface area contributed by atoms with Gasteiger partial charge in [0.15, 0.2) is 0 Å². The molecule has 1 aromatic rings. The Morgan fingerprint density at radius 1 is 1.23 bits per heavy atom. The number of ether oxygens (including phenoxy) is 3. The fraction of sp³-hybridized carbons (Fsp3) is 0.526. The van der Waals surface area contributed by atoms with Crippen LogP contribution < -0.4 is 9.47 Å². The molecule has 1 aromatic carbocycles. The minimum absolute atomic E-state index is 0.0175. The maximum Gasteiger partial charge on any atom is 0.430 e. The second-order valence-electron chi connectivity index (χ2n) is 6.05. The molecule has 0 aliphatic carbocycles. The molecule has 0 amide bonds. The van der Waals surface area contributed by atoms with Crippen molar-refractivity contribution in [3.05, 3.63) is 29.3 Å². The fourth-order valence-corrected chi connectivity index (χ4v) is 2.62. The minimum Gasteiger partial charge on any atom is -0.493 e. The fourth-order valence-electron chi connectivity index (χ4n) is 2.62. The smallest absolute Gasteiger partial charge is 0.430 e. The first-order valence-corrected chi connectivity index (χ1v) is 8.69. The van der Waals surface area contributed by atoms with Gasteiger partial charge in [-0.15, -0.1) is 0 Å². The standard InChI is InChI=1S/C19H23F3O4/c1-4-12(5-2)11-25-14-8-7-13-9-15(18(23)24-6-3)17(19(20,21)22)26-16(13)10-14/h7-10,12,17H,4-6,11H2,1-3H3. The van der Waals surface area contributed by atoms with Gasteiger partial charge in [0.2, 0.25) is 6.10 Å². The SMILES string of the molecule is CCOC(=O)C1=Cc2ccc(OCC(CC)CC)cc2OC1C(F)(F)F. The van der Waals surface area contributed by atoms with Gasteiger partial charge in [-0.25, -0.2) is 4.79 Å². The van der Waals surface area contributed by atoms with E-state index in [1.807, 2.05) is 0 Å². The van der Waals surface area contributed by atoms with Crippen LogP contribution in [-0.2, 0) is 9.53 Å². The van der Waals surface area contributed by atoms with Crippen molar-refractivity contribution in [1.29, 1.82) is 0 Å². The molecule has 0 fully saturated rings. The molecule has 4 nitrogen and oxygen atoms in total. The molecule has 1 atom stereocenters. The van der Waals surface area contributed by atoms with Crippen molar-refractivity contribution in [2.24, 2.45) is 5.92 Å². The molecule has 7 heteroatoms. The summed E-state index contributed by atoms with van der Waals surface area (Å²) in [6.07, 6.45) is -4.01. The molecule has 1 unspecified atom stereocenters. The number of alkyl halides is 3. The van der Waals surface area contributed by atoms with Gasteiger partial charge in [-0.3, -0.25) is 0 Å². The van der Waals surface area contributed by atoms with Crippen LogP contribution >= 0.6 is 0 Å². The Balaban J connectivity index is 2.28.